The Balaban J connectivity index is 1.48. The highest BCUT2D eigenvalue weighted by molar-refractivity contribution is 6.62. The van der Waals surface area contributed by atoms with E-state index in [9.17, 15) is 18.0 Å². The lowest BCUT2D eigenvalue weighted by Gasteiger charge is -2.32. The number of hydrogen-bond donors (Lipinski definition) is 0. The van der Waals surface area contributed by atoms with Crippen LogP contribution in [0, 0.1) is 0 Å². The van der Waals surface area contributed by atoms with E-state index in [4.69, 9.17) is 9.31 Å². The van der Waals surface area contributed by atoms with Gasteiger partial charge in [-0.05, 0) is 51.7 Å². The summed E-state index contributed by atoms with van der Waals surface area (Å²) in [4.78, 5) is 16.3. The van der Waals surface area contributed by atoms with Crippen LogP contribution in [0.1, 0.15) is 34.1 Å². The number of hydrogen-bond acceptors (Lipinski definition) is 3. The van der Waals surface area contributed by atoms with Gasteiger partial charge in [-0.15, -0.1) is 0 Å². The van der Waals surface area contributed by atoms with Crippen molar-refractivity contribution in [2.75, 3.05) is 18.0 Å². The number of nitrogens with zero attached hydrogens (tertiary/aromatic N) is 2. The van der Waals surface area contributed by atoms with Gasteiger partial charge in [-0.3, -0.25) is 4.90 Å². The van der Waals surface area contributed by atoms with Gasteiger partial charge in [0.15, 0.2) is 0 Å². The van der Waals surface area contributed by atoms with E-state index in [0.717, 1.165) is 17.6 Å². The molecule has 2 saturated heterocycles. The monoisotopic (exact) mass is 434 g/mol. The number of benzene rings is 1. The molecule has 5 nitrogen and oxygen atoms in total. The number of alkyl halides is 3. The molecule has 9 heteroatoms. The molecule has 1 aromatic carbocycles. The van der Waals surface area contributed by atoms with Gasteiger partial charge < -0.3 is 14.2 Å². The number of carbonyl (C=O) groups excluding carboxylic acids is 1. The first kappa shape index (κ1) is 22.0. The summed E-state index contributed by atoms with van der Waals surface area (Å²) in [5.74, 6) is 0. The maximum atomic E-state index is 13.0. The van der Waals surface area contributed by atoms with Crippen molar-refractivity contribution in [1.82, 2.24) is 4.90 Å². The molecule has 2 amide bonds. The fourth-order valence-corrected chi connectivity index (χ4v) is 3.97. The van der Waals surface area contributed by atoms with Gasteiger partial charge in [0, 0.05) is 18.8 Å². The van der Waals surface area contributed by atoms with Crippen molar-refractivity contribution in [2.45, 2.75) is 57.5 Å². The van der Waals surface area contributed by atoms with Crippen molar-refractivity contribution in [2.24, 2.45) is 0 Å². The maximum Gasteiger partial charge on any atom is 0.494 e. The molecule has 31 heavy (non-hydrogen) atoms. The lowest BCUT2D eigenvalue weighted by Crippen LogP contribution is -2.41. The SMILES string of the molecule is CC1(C)OB(c2cccc(N3CCN(C4C=CC(C(F)(F)F)=CC4)C3=O)c2)OC1(C)C. The Labute approximate surface area is 180 Å². The van der Waals surface area contributed by atoms with E-state index in [1.54, 1.807) is 9.80 Å². The van der Waals surface area contributed by atoms with Gasteiger partial charge in [0.1, 0.15) is 0 Å². The minimum atomic E-state index is -4.36. The molecule has 0 aromatic heterocycles. The van der Waals surface area contributed by atoms with Crippen molar-refractivity contribution < 1.29 is 27.3 Å². The van der Waals surface area contributed by atoms with Crippen molar-refractivity contribution in [3.63, 3.8) is 0 Å². The molecule has 2 aliphatic heterocycles. The van der Waals surface area contributed by atoms with Gasteiger partial charge in [0.2, 0.25) is 0 Å². The highest BCUT2D eigenvalue weighted by atomic mass is 19.4. The number of urea groups is 1. The van der Waals surface area contributed by atoms with E-state index >= 15 is 0 Å². The van der Waals surface area contributed by atoms with Crippen LogP contribution < -0.4 is 10.4 Å². The molecule has 1 unspecified atom stereocenters. The number of halogens is 3. The standard InChI is InChI=1S/C22H26BF3N2O3/c1-20(2)21(3,4)31-23(30-20)16-6-5-7-18(14-16)28-13-12-27(19(28)29)17-10-8-15(9-11-17)22(24,25)26/h5-10,14,17H,11-13H2,1-4H3. The first-order chi connectivity index (χ1) is 14.4. The molecular formula is C22H26BF3N2O3. The zero-order valence-corrected chi connectivity index (χ0v) is 18.1. The molecule has 2 fully saturated rings. The third kappa shape index (κ3) is 4.01. The maximum absolute atomic E-state index is 13.0. The highest BCUT2D eigenvalue weighted by Crippen LogP contribution is 2.37. The summed E-state index contributed by atoms with van der Waals surface area (Å²) in [5.41, 5.74) is -0.0697. The molecule has 1 atom stereocenters. The number of carbonyl (C=O) groups is 1. The minimum Gasteiger partial charge on any atom is -0.399 e. The van der Waals surface area contributed by atoms with Gasteiger partial charge in [0.05, 0.1) is 22.8 Å². The second kappa shape index (κ2) is 7.41. The van der Waals surface area contributed by atoms with Crippen LogP contribution in [-0.2, 0) is 9.31 Å². The Morgan fingerprint density at radius 2 is 1.77 bits per heavy atom. The Kier molecular flexibility index (Phi) is 5.25. The van der Waals surface area contributed by atoms with Crippen LogP contribution in [0.4, 0.5) is 23.7 Å². The number of anilines is 1. The predicted molar refractivity (Wildman–Crippen MR) is 113 cm³/mol. The Morgan fingerprint density at radius 1 is 1.10 bits per heavy atom. The summed E-state index contributed by atoms with van der Waals surface area (Å²) < 4.78 is 50.7. The fourth-order valence-electron chi connectivity index (χ4n) is 3.97. The Bertz CT molecular complexity index is 926. The topological polar surface area (TPSA) is 42.0 Å². The molecule has 0 spiro atoms. The first-order valence-corrected chi connectivity index (χ1v) is 10.4. The summed E-state index contributed by atoms with van der Waals surface area (Å²) in [6.07, 6.45) is -0.539. The van der Waals surface area contributed by atoms with Gasteiger partial charge in [-0.1, -0.05) is 30.4 Å². The molecule has 0 radical (unpaired) electrons. The highest BCUT2D eigenvalue weighted by Gasteiger charge is 2.51. The van der Waals surface area contributed by atoms with Crippen LogP contribution >= 0.6 is 0 Å². The predicted octanol–water partition coefficient (Wildman–Crippen LogP) is 4.05. The summed E-state index contributed by atoms with van der Waals surface area (Å²) in [5, 5.41) is 0. The lowest BCUT2D eigenvalue weighted by atomic mass is 9.79. The molecule has 3 aliphatic rings. The van der Waals surface area contributed by atoms with Crippen LogP contribution in [-0.4, -0.2) is 54.6 Å². The Morgan fingerprint density at radius 3 is 2.35 bits per heavy atom. The second-order valence-corrected chi connectivity index (χ2v) is 9.13. The zero-order chi connectivity index (χ0) is 22.6. The molecular weight excluding hydrogens is 408 g/mol. The van der Waals surface area contributed by atoms with Crippen molar-refractivity contribution in [1.29, 1.82) is 0 Å². The summed E-state index contributed by atoms with van der Waals surface area (Å²) in [6.45, 7) is 8.84. The minimum absolute atomic E-state index is 0.152. The molecule has 1 aliphatic carbocycles. The summed E-state index contributed by atoms with van der Waals surface area (Å²) in [7, 11) is -0.536. The average molecular weight is 434 g/mol. The molecule has 1 aromatic rings. The molecule has 4 rings (SSSR count). The van der Waals surface area contributed by atoms with Crippen LogP contribution in [0.25, 0.3) is 0 Å². The van der Waals surface area contributed by atoms with Gasteiger partial charge >= 0.3 is 19.3 Å². The van der Waals surface area contributed by atoms with E-state index in [1.807, 2.05) is 52.0 Å². The lowest BCUT2D eigenvalue weighted by molar-refractivity contribution is -0.0887. The molecule has 0 saturated carbocycles. The largest absolute Gasteiger partial charge is 0.494 e. The van der Waals surface area contributed by atoms with Crippen molar-refractivity contribution >= 4 is 24.3 Å². The Hall–Kier alpha value is -2.26. The average Bonchev–Trinajstić information content (AvgIpc) is 3.17. The third-order valence-electron chi connectivity index (χ3n) is 6.55. The van der Waals surface area contributed by atoms with E-state index in [1.165, 1.54) is 6.08 Å². The van der Waals surface area contributed by atoms with E-state index in [-0.39, 0.29) is 18.5 Å². The van der Waals surface area contributed by atoms with E-state index in [0.29, 0.717) is 18.8 Å². The first-order valence-electron chi connectivity index (χ1n) is 10.4. The number of allylic oxidation sites excluding steroid dienone is 2. The molecule has 166 valence electrons. The van der Waals surface area contributed by atoms with Crippen molar-refractivity contribution in [3.8, 4) is 0 Å². The van der Waals surface area contributed by atoms with Gasteiger partial charge in [-0.2, -0.15) is 13.2 Å². The van der Waals surface area contributed by atoms with Crippen LogP contribution in [0.2, 0.25) is 0 Å². The molecule has 0 bridgehead atoms. The smallest absolute Gasteiger partial charge is 0.399 e. The van der Waals surface area contributed by atoms with Gasteiger partial charge in [-0.25, -0.2) is 4.79 Å². The molecule has 2 heterocycles. The summed E-state index contributed by atoms with van der Waals surface area (Å²) in [6, 6.07) is 6.87. The van der Waals surface area contributed by atoms with E-state index < -0.39 is 30.1 Å². The summed E-state index contributed by atoms with van der Waals surface area (Å²) >= 11 is 0. The normalized spacial score (nSPS) is 25.4. The van der Waals surface area contributed by atoms with Crippen LogP contribution in [0.5, 0.6) is 0 Å². The molecule has 0 N–H and O–H groups in total. The second-order valence-electron chi connectivity index (χ2n) is 9.13. The quantitative estimate of drug-likeness (QED) is 0.675. The van der Waals surface area contributed by atoms with Crippen LogP contribution in [0.15, 0.2) is 48.1 Å². The third-order valence-corrected chi connectivity index (χ3v) is 6.55. The zero-order valence-electron chi connectivity index (χ0n) is 18.1. The van der Waals surface area contributed by atoms with E-state index in [2.05, 4.69) is 0 Å². The number of amides is 2. The van der Waals surface area contributed by atoms with Crippen LogP contribution in [0.3, 0.4) is 0 Å². The fraction of sp³-hybridized carbons (Fsp3) is 0.500. The van der Waals surface area contributed by atoms with Gasteiger partial charge in [0.25, 0.3) is 0 Å². The van der Waals surface area contributed by atoms with Crippen molar-refractivity contribution in [3.05, 3.63) is 48.1 Å². The number of rotatable bonds is 3.